The summed E-state index contributed by atoms with van der Waals surface area (Å²) in [4.78, 5) is 39.2. The first-order valence-corrected chi connectivity index (χ1v) is 8.09. The fraction of sp³-hybridized carbons (Fsp3) is 0.0526. The summed E-state index contributed by atoms with van der Waals surface area (Å²) in [6.07, 6.45) is 1.76. The Morgan fingerprint density at radius 1 is 0.963 bits per heavy atom. The maximum Gasteiger partial charge on any atom is 0.328 e. The molecule has 1 unspecified atom stereocenters. The molecule has 0 spiro atoms. The molecule has 0 bridgehead atoms. The van der Waals surface area contributed by atoms with Crippen LogP contribution in [0, 0.1) is 10.1 Å². The van der Waals surface area contributed by atoms with Gasteiger partial charge < -0.3 is 4.74 Å². The zero-order valence-corrected chi connectivity index (χ0v) is 13.8. The normalized spacial score (nSPS) is 15.4. The number of ether oxygens (including phenoxy) is 1. The lowest BCUT2D eigenvalue weighted by atomic mass is 9.89. The molecular formula is C19H13N3O5. The van der Waals surface area contributed by atoms with E-state index >= 15 is 0 Å². The molecule has 27 heavy (non-hydrogen) atoms. The highest BCUT2D eigenvalue weighted by Gasteiger charge is 2.28. The van der Waals surface area contributed by atoms with Crippen molar-refractivity contribution < 1.29 is 9.66 Å². The molecule has 0 saturated heterocycles. The van der Waals surface area contributed by atoms with E-state index in [1.165, 1.54) is 12.1 Å². The van der Waals surface area contributed by atoms with Gasteiger partial charge >= 0.3 is 5.69 Å². The van der Waals surface area contributed by atoms with Gasteiger partial charge in [-0.25, -0.2) is 4.79 Å². The van der Waals surface area contributed by atoms with Crippen LogP contribution in [0.2, 0.25) is 0 Å². The van der Waals surface area contributed by atoms with Crippen molar-refractivity contribution in [2.75, 3.05) is 0 Å². The smallest absolute Gasteiger partial charge is 0.328 e. The van der Waals surface area contributed by atoms with Crippen molar-refractivity contribution in [2.24, 2.45) is 0 Å². The molecule has 4 rings (SSSR count). The first kappa shape index (κ1) is 16.5. The van der Waals surface area contributed by atoms with Crippen molar-refractivity contribution in [2.45, 2.75) is 5.92 Å². The lowest BCUT2D eigenvalue weighted by Gasteiger charge is -2.23. The van der Waals surface area contributed by atoms with E-state index in [9.17, 15) is 19.7 Å². The minimum Gasteiger partial charge on any atom is -0.440 e. The molecule has 0 radical (unpaired) electrons. The van der Waals surface area contributed by atoms with Crippen molar-refractivity contribution in [1.82, 2.24) is 9.97 Å². The molecule has 0 fully saturated rings. The first-order valence-electron chi connectivity index (χ1n) is 8.09. The van der Waals surface area contributed by atoms with Gasteiger partial charge in [-0.1, -0.05) is 42.5 Å². The number of H-pyrrole nitrogens is 2. The number of hydrogen-bond acceptors (Lipinski definition) is 5. The molecule has 134 valence electrons. The number of nitro benzene ring substituents is 1. The van der Waals surface area contributed by atoms with Crippen LogP contribution in [0.4, 0.5) is 5.69 Å². The Kier molecular flexibility index (Phi) is 3.92. The fourth-order valence-corrected chi connectivity index (χ4v) is 3.04. The highest BCUT2D eigenvalue weighted by Crippen LogP contribution is 2.37. The van der Waals surface area contributed by atoms with E-state index in [4.69, 9.17) is 4.74 Å². The third-order valence-electron chi connectivity index (χ3n) is 4.31. The summed E-state index contributed by atoms with van der Waals surface area (Å²) in [6.45, 7) is 0. The number of hydrogen-bond donors (Lipinski definition) is 2. The fourth-order valence-electron chi connectivity index (χ4n) is 3.04. The minimum atomic E-state index is -0.671. The molecule has 1 aliphatic heterocycles. The van der Waals surface area contributed by atoms with Crippen LogP contribution in [0.5, 0.6) is 5.88 Å². The van der Waals surface area contributed by atoms with Crippen molar-refractivity contribution >= 4 is 11.4 Å². The Balaban J connectivity index is 1.89. The van der Waals surface area contributed by atoms with Crippen LogP contribution >= 0.6 is 0 Å². The Bertz CT molecular complexity index is 1160. The molecular weight excluding hydrogens is 350 g/mol. The van der Waals surface area contributed by atoms with Crippen LogP contribution in [0.1, 0.15) is 22.6 Å². The number of nitro groups is 1. The van der Waals surface area contributed by atoms with E-state index in [0.29, 0.717) is 11.3 Å². The molecule has 2 aromatic carbocycles. The van der Waals surface area contributed by atoms with Gasteiger partial charge in [0.25, 0.3) is 11.2 Å². The summed E-state index contributed by atoms with van der Waals surface area (Å²) in [7, 11) is 0. The van der Waals surface area contributed by atoms with Gasteiger partial charge in [-0.3, -0.25) is 24.9 Å². The molecule has 0 amide bonds. The zero-order chi connectivity index (χ0) is 19.0. The Hall–Kier alpha value is -3.94. The van der Waals surface area contributed by atoms with Gasteiger partial charge in [-0.05, 0) is 11.6 Å². The highest BCUT2D eigenvalue weighted by atomic mass is 16.6. The van der Waals surface area contributed by atoms with Crippen molar-refractivity contribution in [1.29, 1.82) is 0 Å². The maximum absolute atomic E-state index is 12.4. The average molecular weight is 363 g/mol. The molecule has 0 saturated carbocycles. The van der Waals surface area contributed by atoms with E-state index < -0.39 is 22.1 Å². The summed E-state index contributed by atoms with van der Waals surface area (Å²) >= 11 is 0. The van der Waals surface area contributed by atoms with Crippen LogP contribution in [-0.4, -0.2) is 14.9 Å². The Morgan fingerprint density at radius 3 is 2.33 bits per heavy atom. The van der Waals surface area contributed by atoms with Crippen LogP contribution < -0.4 is 16.0 Å². The summed E-state index contributed by atoms with van der Waals surface area (Å²) in [6, 6.07) is 15.2. The first-order chi connectivity index (χ1) is 13.0. The van der Waals surface area contributed by atoms with Crippen LogP contribution in [0.3, 0.4) is 0 Å². The second-order valence-corrected chi connectivity index (χ2v) is 5.98. The van der Waals surface area contributed by atoms with Crippen molar-refractivity contribution in [3.05, 3.63) is 108 Å². The molecule has 1 aromatic heterocycles. The van der Waals surface area contributed by atoms with E-state index in [1.54, 1.807) is 18.2 Å². The lowest BCUT2D eigenvalue weighted by Crippen LogP contribution is -2.30. The molecule has 8 nitrogen and oxygen atoms in total. The number of aromatic nitrogens is 2. The van der Waals surface area contributed by atoms with Crippen LogP contribution in [0.15, 0.2) is 70.3 Å². The van der Waals surface area contributed by atoms with Crippen LogP contribution in [-0.2, 0) is 0 Å². The van der Waals surface area contributed by atoms with Gasteiger partial charge in [0.05, 0.1) is 10.5 Å². The van der Waals surface area contributed by atoms with Crippen molar-refractivity contribution in [3.8, 4) is 5.88 Å². The van der Waals surface area contributed by atoms with Crippen molar-refractivity contribution in [3.63, 3.8) is 0 Å². The monoisotopic (exact) mass is 363 g/mol. The predicted molar refractivity (Wildman–Crippen MR) is 97.7 cm³/mol. The number of rotatable bonds is 3. The summed E-state index contributed by atoms with van der Waals surface area (Å²) in [5.74, 6) is 0.00604. The Labute approximate surface area is 151 Å². The number of nitrogens with one attached hydrogen (secondary N) is 2. The van der Waals surface area contributed by atoms with Gasteiger partial charge in [0, 0.05) is 23.6 Å². The number of nitrogens with zero attached hydrogens (tertiary/aromatic N) is 1. The van der Waals surface area contributed by atoms with E-state index in [2.05, 4.69) is 9.97 Å². The van der Waals surface area contributed by atoms with Gasteiger partial charge in [-0.15, -0.1) is 0 Å². The van der Waals surface area contributed by atoms with E-state index in [1.807, 2.05) is 30.3 Å². The summed E-state index contributed by atoms with van der Waals surface area (Å²) in [5, 5.41) is 10.9. The maximum atomic E-state index is 12.4. The largest absolute Gasteiger partial charge is 0.440 e. The van der Waals surface area contributed by atoms with Gasteiger partial charge in [-0.2, -0.15) is 0 Å². The molecule has 0 aliphatic carbocycles. The summed E-state index contributed by atoms with van der Waals surface area (Å²) in [5.41, 5.74) is 0.389. The standard InChI is InChI=1S/C19H13N3O5/c23-17-16-14(11-6-8-13(9-7-11)22(25)26)10-15(12-4-2-1-3-5-12)27-18(16)21-19(24)20-17/h1-10,14H,(H2,20,21,23,24). The second-order valence-electron chi connectivity index (χ2n) is 5.98. The van der Waals surface area contributed by atoms with Crippen LogP contribution in [0.25, 0.3) is 5.76 Å². The zero-order valence-electron chi connectivity index (χ0n) is 13.8. The molecule has 1 atom stereocenters. The number of aromatic amines is 2. The highest BCUT2D eigenvalue weighted by molar-refractivity contribution is 5.67. The topological polar surface area (TPSA) is 118 Å². The summed E-state index contributed by atoms with van der Waals surface area (Å²) < 4.78 is 5.77. The molecule has 2 heterocycles. The third kappa shape index (κ3) is 3.04. The molecule has 3 aromatic rings. The van der Waals surface area contributed by atoms with Gasteiger partial charge in [0.2, 0.25) is 5.88 Å². The minimum absolute atomic E-state index is 0.0475. The lowest BCUT2D eigenvalue weighted by molar-refractivity contribution is -0.384. The Morgan fingerprint density at radius 2 is 1.67 bits per heavy atom. The number of benzene rings is 2. The quantitative estimate of drug-likeness (QED) is 0.548. The van der Waals surface area contributed by atoms with Gasteiger partial charge in [0.1, 0.15) is 5.76 Å². The van der Waals surface area contributed by atoms with E-state index in [-0.39, 0.29) is 17.1 Å². The molecule has 1 aliphatic rings. The number of allylic oxidation sites excluding steroid dienone is 1. The SMILES string of the molecule is O=c1[nH]c2c(c(=O)[nH]1)C(c1ccc([N+](=O)[O-])cc1)C=C(c1ccccc1)O2. The molecule has 2 N–H and O–H groups in total. The number of fused-ring (bicyclic) bond motifs is 1. The average Bonchev–Trinajstić information content (AvgIpc) is 2.67. The van der Waals surface area contributed by atoms with E-state index in [0.717, 1.165) is 5.56 Å². The predicted octanol–water partition coefficient (Wildman–Crippen LogP) is 2.54. The number of non-ortho nitro benzene ring substituents is 1. The second kappa shape index (κ2) is 6.41. The third-order valence-corrected chi connectivity index (χ3v) is 4.31. The van der Waals surface area contributed by atoms with Gasteiger partial charge in [0.15, 0.2) is 0 Å². The molecule has 8 heteroatoms.